The minimum absolute atomic E-state index is 0.0792. The minimum Gasteiger partial charge on any atom is -0.450 e. The topological polar surface area (TPSA) is 172 Å². The summed E-state index contributed by atoms with van der Waals surface area (Å²) in [6, 6.07) is 16.9. The number of nitrogens with zero attached hydrogens (tertiary/aromatic N) is 3. The van der Waals surface area contributed by atoms with Crippen LogP contribution in [0.4, 0.5) is 27.9 Å². The Bertz CT molecular complexity index is 1850. The van der Waals surface area contributed by atoms with Crippen LogP contribution < -0.4 is 15.4 Å². The second-order valence-corrected chi connectivity index (χ2v) is 12.7. The van der Waals surface area contributed by atoms with Crippen molar-refractivity contribution >= 4 is 73.1 Å². The van der Waals surface area contributed by atoms with Gasteiger partial charge in [0, 0.05) is 29.2 Å². The van der Waals surface area contributed by atoms with Gasteiger partial charge in [0.15, 0.2) is 0 Å². The smallest absolute Gasteiger partial charge is 0.410 e. The monoisotopic (exact) mass is 677 g/mol. The number of rotatable bonds is 11. The summed E-state index contributed by atoms with van der Waals surface area (Å²) in [6.07, 6.45) is 0.637. The van der Waals surface area contributed by atoms with Crippen LogP contribution in [0.15, 0.2) is 87.1 Å². The van der Waals surface area contributed by atoms with E-state index in [2.05, 4.69) is 29.7 Å². The Balaban J connectivity index is 1.59. The van der Waals surface area contributed by atoms with Crippen molar-refractivity contribution in [3.63, 3.8) is 0 Å². The number of carbonyl (C=O) groups is 1. The van der Waals surface area contributed by atoms with E-state index in [9.17, 15) is 22.5 Å². The summed E-state index contributed by atoms with van der Waals surface area (Å²) >= 11 is 12.1. The molecular weight excluding hydrogens is 651 g/mol. The fourth-order valence-corrected chi connectivity index (χ4v) is 6.28. The molecule has 1 heterocycles. The van der Waals surface area contributed by atoms with E-state index in [1.807, 2.05) is 0 Å². The molecule has 4 rings (SSSR count). The zero-order chi connectivity index (χ0) is 31.9. The maximum absolute atomic E-state index is 12.9. The van der Waals surface area contributed by atoms with Gasteiger partial charge in [-0.2, -0.15) is 4.98 Å². The van der Waals surface area contributed by atoms with Crippen molar-refractivity contribution in [3.8, 4) is 11.1 Å². The molecule has 16 heteroatoms. The lowest BCUT2D eigenvalue weighted by atomic mass is 10.1. The molecule has 1 unspecified atom stereocenters. The van der Waals surface area contributed by atoms with Crippen LogP contribution in [0.2, 0.25) is 10.0 Å². The lowest BCUT2D eigenvalue weighted by Gasteiger charge is -2.17. The molecule has 0 saturated carbocycles. The number of benzene rings is 3. The molecule has 0 aliphatic heterocycles. The molecular formula is C28H27Cl2N6O6S2-. The quantitative estimate of drug-likeness (QED) is 0.129. The first-order valence-electron chi connectivity index (χ1n) is 13.0. The fourth-order valence-electron chi connectivity index (χ4n) is 3.74. The first kappa shape index (κ1) is 33.0. The van der Waals surface area contributed by atoms with Crippen molar-refractivity contribution in [2.75, 3.05) is 28.6 Å². The van der Waals surface area contributed by atoms with E-state index in [4.69, 9.17) is 27.9 Å². The van der Waals surface area contributed by atoms with E-state index in [0.717, 1.165) is 0 Å². The maximum Gasteiger partial charge on any atom is 0.410 e. The summed E-state index contributed by atoms with van der Waals surface area (Å²) in [6.45, 7) is 3.33. The molecule has 0 radical (unpaired) electrons. The second kappa shape index (κ2) is 14.7. The van der Waals surface area contributed by atoms with Crippen LogP contribution in [0.5, 0.6) is 0 Å². The highest BCUT2D eigenvalue weighted by molar-refractivity contribution is 7.92. The Labute approximate surface area is 266 Å². The predicted molar refractivity (Wildman–Crippen MR) is 170 cm³/mol. The number of anilines is 4. The Morgan fingerprint density at radius 3 is 2.52 bits per heavy atom. The Kier molecular flexibility index (Phi) is 11.0. The number of hydrogen-bond acceptors (Lipinski definition) is 11. The third kappa shape index (κ3) is 8.36. The Hall–Kier alpha value is -3.95. The number of nitrogens with one attached hydrogen (secondary N) is 3. The van der Waals surface area contributed by atoms with Gasteiger partial charge in [-0.15, -0.1) is 10.6 Å². The SMILES string of the molecule is CCOC(=O)N=[S-](=O)c1cccc(Nc2ncc(-c3ccc(NS(=O)(=O)c4cccc(Cl)c4Cl)cc3)c(NC(C)CO)n2)c1. The van der Waals surface area contributed by atoms with Crippen molar-refractivity contribution in [1.29, 1.82) is 0 Å². The molecule has 4 aromatic rings. The number of amides is 1. The summed E-state index contributed by atoms with van der Waals surface area (Å²) < 4.78 is 49.0. The largest absolute Gasteiger partial charge is 0.450 e. The van der Waals surface area contributed by atoms with Crippen LogP contribution in [-0.2, 0) is 29.6 Å². The van der Waals surface area contributed by atoms with Gasteiger partial charge in [-0.3, -0.25) is 9.08 Å². The second-order valence-electron chi connectivity index (χ2n) is 9.11. The number of ether oxygens (including phenoxy) is 1. The van der Waals surface area contributed by atoms with E-state index in [1.54, 1.807) is 62.5 Å². The van der Waals surface area contributed by atoms with Gasteiger partial charge in [-0.25, -0.2) is 18.2 Å². The normalized spacial score (nSPS) is 12.8. The predicted octanol–water partition coefficient (Wildman–Crippen LogP) is 6.45. The summed E-state index contributed by atoms with van der Waals surface area (Å²) in [5.41, 5.74) is 2.01. The number of aliphatic hydroxyl groups excluding tert-OH is 1. The summed E-state index contributed by atoms with van der Waals surface area (Å²) in [4.78, 5) is 20.7. The number of halogens is 2. The third-order valence-electron chi connectivity index (χ3n) is 5.82. The third-order valence-corrected chi connectivity index (χ3v) is 9.14. The average Bonchev–Trinajstić information content (AvgIpc) is 2.99. The fraction of sp³-hybridized carbons (Fsp3) is 0.179. The zero-order valence-electron chi connectivity index (χ0n) is 23.3. The number of aliphatic hydroxyl groups is 1. The van der Waals surface area contributed by atoms with Crippen LogP contribution in [0.3, 0.4) is 0 Å². The molecule has 0 spiro atoms. The van der Waals surface area contributed by atoms with Crippen LogP contribution in [0.25, 0.3) is 11.1 Å². The highest BCUT2D eigenvalue weighted by Gasteiger charge is 2.20. The summed E-state index contributed by atoms with van der Waals surface area (Å²) in [7, 11) is -5.98. The Morgan fingerprint density at radius 2 is 1.82 bits per heavy atom. The van der Waals surface area contributed by atoms with E-state index < -0.39 is 26.7 Å². The van der Waals surface area contributed by atoms with Crippen molar-refractivity contribution in [3.05, 3.63) is 83.0 Å². The van der Waals surface area contributed by atoms with Gasteiger partial charge in [0.05, 0.1) is 23.3 Å². The van der Waals surface area contributed by atoms with Gasteiger partial charge in [0.25, 0.3) is 10.0 Å². The van der Waals surface area contributed by atoms with Gasteiger partial charge >= 0.3 is 6.09 Å². The highest BCUT2D eigenvalue weighted by atomic mass is 35.5. The van der Waals surface area contributed by atoms with Crippen LogP contribution in [0.1, 0.15) is 13.8 Å². The molecule has 3 aromatic carbocycles. The summed E-state index contributed by atoms with van der Waals surface area (Å²) in [5, 5.41) is 15.9. The lowest BCUT2D eigenvalue weighted by molar-refractivity contribution is 0.164. The van der Waals surface area contributed by atoms with E-state index in [-0.39, 0.29) is 50.7 Å². The molecule has 1 aromatic heterocycles. The number of sulfonamides is 1. The number of hydrogen-bond donors (Lipinski definition) is 4. The number of aromatic nitrogens is 2. The first-order chi connectivity index (χ1) is 21.0. The molecule has 1 atom stereocenters. The van der Waals surface area contributed by atoms with Crippen LogP contribution >= 0.6 is 23.2 Å². The van der Waals surface area contributed by atoms with Crippen LogP contribution in [-0.4, -0.2) is 48.8 Å². The maximum atomic E-state index is 12.9. The zero-order valence-corrected chi connectivity index (χ0v) is 26.5. The molecule has 44 heavy (non-hydrogen) atoms. The number of carbonyl (C=O) groups excluding carboxylic acids is 1. The molecule has 232 valence electrons. The average molecular weight is 679 g/mol. The van der Waals surface area contributed by atoms with Crippen molar-refractivity contribution in [1.82, 2.24) is 9.97 Å². The van der Waals surface area contributed by atoms with Crippen molar-refractivity contribution < 1.29 is 27.3 Å². The van der Waals surface area contributed by atoms with E-state index in [0.29, 0.717) is 22.6 Å². The van der Waals surface area contributed by atoms with Crippen molar-refractivity contribution in [2.24, 2.45) is 4.36 Å². The molecule has 1 amide bonds. The lowest BCUT2D eigenvalue weighted by Crippen LogP contribution is -2.21. The van der Waals surface area contributed by atoms with Gasteiger partial charge < -0.3 is 24.7 Å². The molecule has 0 fully saturated rings. The standard InChI is InChI=1S/C28H27Cl2N6O6S2/c1-3-42-28(38)35-43(39)21-7-4-6-20(14-21)33-27-31-15-22(26(34-27)32-17(2)16-37)18-10-12-19(13-11-18)36-44(40,41)24-9-5-8-23(29)25(24)30/h4-15,17,36-37H,3,16H2,1-2H3,(H2,31,32,33,34)/q-1. The van der Waals surface area contributed by atoms with Gasteiger partial charge in [-0.1, -0.05) is 64.5 Å². The summed E-state index contributed by atoms with van der Waals surface area (Å²) in [5.74, 6) is 0.578. The molecule has 12 nitrogen and oxygen atoms in total. The molecule has 4 N–H and O–H groups in total. The van der Waals surface area contributed by atoms with Gasteiger partial charge in [-0.05, 0) is 49.7 Å². The molecule has 0 aliphatic rings. The van der Waals surface area contributed by atoms with Gasteiger partial charge in [0.1, 0.15) is 10.7 Å². The molecule has 0 bridgehead atoms. The molecule has 0 saturated heterocycles. The minimum atomic E-state index is -4.01. The highest BCUT2D eigenvalue weighted by Crippen LogP contribution is 2.32. The van der Waals surface area contributed by atoms with Crippen molar-refractivity contribution in [2.45, 2.75) is 29.7 Å². The molecule has 0 aliphatic carbocycles. The van der Waals surface area contributed by atoms with E-state index in [1.165, 1.54) is 24.3 Å². The first-order valence-corrected chi connectivity index (χ1v) is 16.3. The van der Waals surface area contributed by atoms with Gasteiger partial charge in [0.2, 0.25) is 5.95 Å². The Morgan fingerprint density at radius 1 is 1.09 bits per heavy atom. The van der Waals surface area contributed by atoms with Crippen LogP contribution in [0, 0.1) is 0 Å². The van der Waals surface area contributed by atoms with E-state index >= 15 is 0 Å².